The van der Waals surface area contributed by atoms with Crippen molar-refractivity contribution in [1.29, 1.82) is 0 Å². The van der Waals surface area contributed by atoms with Crippen LogP contribution in [0.25, 0.3) is 81.7 Å². The van der Waals surface area contributed by atoms with Gasteiger partial charge in [0, 0.05) is 33.2 Å². The Bertz CT molecular complexity index is 3120. The lowest BCUT2D eigenvalue weighted by Gasteiger charge is -2.27. The zero-order chi connectivity index (χ0) is 35.6. The number of nitrogens with zero attached hydrogens (tertiary/aromatic N) is 2. The monoisotopic (exact) mass is 686 g/mol. The number of aromatic nitrogens is 1. The molecule has 0 saturated heterocycles. The molecular weight excluding hydrogens is 653 g/mol. The Labute approximate surface area is 313 Å². The van der Waals surface area contributed by atoms with Crippen molar-refractivity contribution >= 4 is 82.0 Å². The third-order valence-electron chi connectivity index (χ3n) is 11.1. The van der Waals surface area contributed by atoms with Gasteiger partial charge in [0.25, 0.3) is 0 Å². The van der Waals surface area contributed by atoms with E-state index >= 15 is 0 Å². The normalized spacial score (nSPS) is 11.7. The summed E-state index contributed by atoms with van der Waals surface area (Å²) in [5, 5.41) is 12.5. The molecule has 0 bridgehead atoms. The third kappa shape index (κ3) is 4.67. The molecule has 0 fully saturated rings. The molecule has 2 heteroatoms. The molecule has 11 rings (SSSR count). The largest absolute Gasteiger partial charge is 0.310 e. The van der Waals surface area contributed by atoms with E-state index in [1.165, 1.54) is 76.0 Å². The predicted octanol–water partition coefficient (Wildman–Crippen LogP) is 14.5. The highest BCUT2D eigenvalue weighted by Gasteiger charge is 2.24. The van der Waals surface area contributed by atoms with Crippen LogP contribution in [0, 0.1) is 0 Å². The standard InChI is InChI=1S/C52H34N2/c1-4-16-35(17-5-1)36-28-30-47-49(32-36)54(40-29-31-46-44-26-13-12-24-42(44)43-25-14-15-27-45(43)48(46)34-40)52-41-23-11-10-18-37(41)33-50(51(47)52)53(38-19-6-2-7-20-38)39-21-8-3-9-22-39/h1-34H. The lowest BCUT2D eigenvalue weighted by Crippen LogP contribution is -2.10. The van der Waals surface area contributed by atoms with Crippen LogP contribution in [0.15, 0.2) is 206 Å². The number of hydrogen-bond donors (Lipinski definition) is 0. The Kier molecular flexibility index (Phi) is 6.90. The summed E-state index contributed by atoms with van der Waals surface area (Å²) in [6.07, 6.45) is 0. The molecule has 10 aromatic carbocycles. The van der Waals surface area contributed by atoms with E-state index in [4.69, 9.17) is 0 Å². The van der Waals surface area contributed by atoms with E-state index in [1.54, 1.807) is 0 Å². The van der Waals surface area contributed by atoms with Crippen molar-refractivity contribution < 1.29 is 0 Å². The average Bonchev–Trinajstić information content (AvgIpc) is 3.60. The quantitative estimate of drug-likeness (QED) is 0.164. The highest BCUT2D eigenvalue weighted by molar-refractivity contribution is 6.27. The average molecular weight is 687 g/mol. The molecule has 0 aliphatic rings. The molecule has 0 amide bonds. The minimum Gasteiger partial charge on any atom is -0.310 e. The first-order valence-electron chi connectivity index (χ1n) is 18.6. The van der Waals surface area contributed by atoms with Crippen LogP contribution in [0.1, 0.15) is 0 Å². The summed E-state index contributed by atoms with van der Waals surface area (Å²) in [6.45, 7) is 0. The Morgan fingerprint density at radius 1 is 0.333 bits per heavy atom. The van der Waals surface area contributed by atoms with Crippen LogP contribution in [0.4, 0.5) is 17.1 Å². The van der Waals surface area contributed by atoms with E-state index in [0.29, 0.717) is 0 Å². The molecule has 0 N–H and O–H groups in total. The third-order valence-corrected chi connectivity index (χ3v) is 11.1. The van der Waals surface area contributed by atoms with Gasteiger partial charge in [-0.05, 0) is 97.4 Å². The first-order chi connectivity index (χ1) is 26.8. The molecule has 0 spiro atoms. The zero-order valence-corrected chi connectivity index (χ0v) is 29.5. The van der Waals surface area contributed by atoms with E-state index in [2.05, 4.69) is 216 Å². The van der Waals surface area contributed by atoms with E-state index in [9.17, 15) is 0 Å². The van der Waals surface area contributed by atoms with Gasteiger partial charge in [-0.15, -0.1) is 0 Å². The molecular formula is C52H34N2. The van der Waals surface area contributed by atoms with Gasteiger partial charge in [-0.1, -0.05) is 158 Å². The molecule has 1 heterocycles. The van der Waals surface area contributed by atoms with E-state index in [0.717, 1.165) is 22.7 Å². The van der Waals surface area contributed by atoms with Crippen molar-refractivity contribution in [2.75, 3.05) is 4.90 Å². The van der Waals surface area contributed by atoms with Crippen LogP contribution in [0.3, 0.4) is 0 Å². The van der Waals surface area contributed by atoms with Gasteiger partial charge in [-0.2, -0.15) is 0 Å². The maximum absolute atomic E-state index is 2.53. The van der Waals surface area contributed by atoms with Crippen LogP contribution in [0.5, 0.6) is 0 Å². The SMILES string of the molecule is c1ccc(-c2ccc3c4c(N(c5ccccc5)c5ccccc5)cc5ccccc5c4n(-c4ccc5c6ccccc6c6ccccc6c5c4)c3c2)cc1. The minimum absolute atomic E-state index is 1.12. The van der Waals surface area contributed by atoms with Crippen molar-refractivity contribution in [3.05, 3.63) is 206 Å². The minimum atomic E-state index is 1.12. The number of rotatable bonds is 5. The Balaban J connectivity index is 1.32. The van der Waals surface area contributed by atoms with Crippen molar-refractivity contribution in [1.82, 2.24) is 4.57 Å². The van der Waals surface area contributed by atoms with Crippen LogP contribution in [0.2, 0.25) is 0 Å². The Morgan fingerprint density at radius 2 is 0.833 bits per heavy atom. The lowest BCUT2D eigenvalue weighted by molar-refractivity contribution is 1.19. The number of anilines is 3. The van der Waals surface area contributed by atoms with Gasteiger partial charge in [0.15, 0.2) is 0 Å². The maximum Gasteiger partial charge on any atom is 0.0640 e. The molecule has 0 aliphatic carbocycles. The molecule has 252 valence electrons. The molecule has 54 heavy (non-hydrogen) atoms. The summed E-state index contributed by atoms with van der Waals surface area (Å²) in [4.78, 5) is 2.42. The maximum atomic E-state index is 2.53. The summed E-state index contributed by atoms with van der Waals surface area (Å²) in [5.74, 6) is 0. The first kappa shape index (κ1) is 30.5. The van der Waals surface area contributed by atoms with Gasteiger partial charge >= 0.3 is 0 Å². The Morgan fingerprint density at radius 3 is 1.46 bits per heavy atom. The number of para-hydroxylation sites is 2. The molecule has 2 nitrogen and oxygen atoms in total. The van der Waals surface area contributed by atoms with Crippen LogP contribution in [-0.2, 0) is 0 Å². The van der Waals surface area contributed by atoms with Crippen LogP contribution < -0.4 is 4.90 Å². The van der Waals surface area contributed by atoms with Gasteiger partial charge in [0.1, 0.15) is 0 Å². The van der Waals surface area contributed by atoms with Crippen LogP contribution >= 0.6 is 0 Å². The topological polar surface area (TPSA) is 8.17 Å². The Hall–Kier alpha value is -7.16. The van der Waals surface area contributed by atoms with Gasteiger partial charge in [-0.25, -0.2) is 0 Å². The second-order valence-electron chi connectivity index (χ2n) is 14.1. The molecule has 0 atom stereocenters. The molecule has 1 aromatic heterocycles. The smallest absolute Gasteiger partial charge is 0.0640 e. The predicted molar refractivity (Wildman–Crippen MR) is 231 cm³/mol. The van der Waals surface area contributed by atoms with Gasteiger partial charge in [-0.3, -0.25) is 0 Å². The lowest BCUT2D eigenvalue weighted by atomic mass is 9.94. The van der Waals surface area contributed by atoms with E-state index in [1.807, 2.05) is 0 Å². The summed E-state index contributed by atoms with van der Waals surface area (Å²) < 4.78 is 2.53. The first-order valence-corrected chi connectivity index (χ1v) is 18.6. The van der Waals surface area contributed by atoms with E-state index in [-0.39, 0.29) is 0 Å². The molecule has 0 saturated carbocycles. The summed E-state index contributed by atoms with van der Waals surface area (Å²) in [7, 11) is 0. The highest BCUT2D eigenvalue weighted by atomic mass is 15.1. The van der Waals surface area contributed by atoms with E-state index < -0.39 is 0 Å². The number of hydrogen-bond acceptors (Lipinski definition) is 1. The fraction of sp³-hybridized carbons (Fsp3) is 0. The number of fused-ring (bicyclic) bond motifs is 11. The summed E-state index contributed by atoms with van der Waals surface area (Å²) in [5.41, 5.74) is 9.29. The second kappa shape index (κ2) is 12.2. The van der Waals surface area contributed by atoms with Gasteiger partial charge in [0.2, 0.25) is 0 Å². The van der Waals surface area contributed by atoms with Crippen molar-refractivity contribution in [2.45, 2.75) is 0 Å². The molecule has 0 radical (unpaired) electrons. The molecule has 0 unspecified atom stereocenters. The van der Waals surface area contributed by atoms with Crippen molar-refractivity contribution in [3.8, 4) is 16.8 Å². The fourth-order valence-electron chi connectivity index (χ4n) is 8.73. The van der Waals surface area contributed by atoms with Crippen molar-refractivity contribution in [3.63, 3.8) is 0 Å². The van der Waals surface area contributed by atoms with Gasteiger partial charge in [0.05, 0.1) is 16.7 Å². The highest BCUT2D eigenvalue weighted by Crippen LogP contribution is 2.48. The van der Waals surface area contributed by atoms with Crippen molar-refractivity contribution in [2.24, 2.45) is 0 Å². The zero-order valence-electron chi connectivity index (χ0n) is 29.5. The molecule has 11 aromatic rings. The van der Waals surface area contributed by atoms with Crippen LogP contribution in [-0.4, -0.2) is 4.57 Å². The summed E-state index contributed by atoms with van der Waals surface area (Å²) >= 11 is 0. The number of benzene rings is 10. The van der Waals surface area contributed by atoms with Gasteiger partial charge < -0.3 is 9.47 Å². The summed E-state index contributed by atoms with van der Waals surface area (Å²) in [6, 6.07) is 75.3. The molecule has 0 aliphatic heterocycles. The second-order valence-corrected chi connectivity index (χ2v) is 14.1. The fourth-order valence-corrected chi connectivity index (χ4v) is 8.73.